The van der Waals surface area contributed by atoms with Gasteiger partial charge in [0.1, 0.15) is 12.2 Å². The Labute approximate surface area is 252 Å². The van der Waals surface area contributed by atoms with Crippen LogP contribution in [0, 0.1) is 0 Å². The molecule has 0 saturated heterocycles. The van der Waals surface area contributed by atoms with Crippen molar-refractivity contribution >= 4 is 23.8 Å². The molecule has 0 aliphatic carbocycles. The molecule has 3 rings (SSSR count). The highest BCUT2D eigenvalue weighted by Crippen LogP contribution is 2.17. The zero-order chi connectivity index (χ0) is 31.4. The van der Waals surface area contributed by atoms with E-state index in [1.54, 1.807) is 74.4 Å². The number of carbonyl (C=O) groups excluding carboxylic acids is 3. The Balaban J connectivity index is 1.74. The van der Waals surface area contributed by atoms with Crippen LogP contribution in [0.2, 0.25) is 0 Å². The summed E-state index contributed by atoms with van der Waals surface area (Å²) in [5, 5.41) is 18.5. The minimum Gasteiger partial charge on any atom is -0.443 e. The molecule has 230 valence electrons. The largest absolute Gasteiger partial charge is 0.443 e. The van der Waals surface area contributed by atoms with E-state index in [9.17, 15) is 19.5 Å². The first-order valence-corrected chi connectivity index (χ1v) is 14.1. The minimum absolute atomic E-state index is 0.00837. The van der Waals surface area contributed by atoms with Crippen LogP contribution in [0.4, 0.5) is 15.3 Å². The van der Waals surface area contributed by atoms with Gasteiger partial charge in [0.25, 0.3) is 5.91 Å². The van der Waals surface area contributed by atoms with Gasteiger partial charge in [0, 0.05) is 18.8 Å². The van der Waals surface area contributed by atoms with Crippen LogP contribution in [-0.2, 0) is 22.5 Å². The van der Waals surface area contributed by atoms with Gasteiger partial charge in [-0.05, 0) is 70.9 Å². The Bertz CT molecular complexity index is 1330. The number of hydrazine groups is 1. The van der Waals surface area contributed by atoms with Gasteiger partial charge >= 0.3 is 12.2 Å². The summed E-state index contributed by atoms with van der Waals surface area (Å²) in [6, 6.07) is 20.3. The first-order chi connectivity index (χ1) is 20.4. The fourth-order valence-corrected chi connectivity index (χ4v) is 4.09. The molecule has 0 aliphatic heterocycles. The number of hydrogen-bond donors (Lipinski definition) is 4. The SMILES string of the molecule is CC(C)N(C[C@H](O)[C@H](Cc1ccccc1)NC(=O)c1ccccc1NC(=O)OCc1ccccn1)NC(=O)OC(C)(C)C. The van der Waals surface area contributed by atoms with Gasteiger partial charge in [0.05, 0.1) is 29.1 Å². The molecule has 0 bridgehead atoms. The molecular weight excluding hydrogens is 550 g/mol. The molecule has 3 amide bonds. The molecule has 11 nitrogen and oxygen atoms in total. The first kappa shape index (κ1) is 33.0. The number of ether oxygens (including phenoxy) is 2. The molecular formula is C32H41N5O6. The Kier molecular flexibility index (Phi) is 12.0. The molecule has 11 heteroatoms. The molecule has 2 aromatic carbocycles. The van der Waals surface area contributed by atoms with Gasteiger partial charge in [-0.25, -0.2) is 14.6 Å². The number of nitrogens with one attached hydrogen (secondary N) is 3. The number of pyridine rings is 1. The lowest BCUT2D eigenvalue weighted by Gasteiger charge is -2.33. The van der Waals surface area contributed by atoms with E-state index in [2.05, 4.69) is 21.0 Å². The van der Waals surface area contributed by atoms with Crippen LogP contribution in [0.1, 0.15) is 56.2 Å². The molecule has 0 radical (unpaired) electrons. The molecule has 3 aromatic rings. The Hall–Kier alpha value is -4.48. The second-order valence-electron chi connectivity index (χ2n) is 11.3. The van der Waals surface area contributed by atoms with Crippen molar-refractivity contribution in [3.63, 3.8) is 0 Å². The zero-order valence-electron chi connectivity index (χ0n) is 25.2. The summed E-state index contributed by atoms with van der Waals surface area (Å²) < 4.78 is 10.6. The summed E-state index contributed by atoms with van der Waals surface area (Å²) in [5.41, 5.74) is 3.91. The van der Waals surface area contributed by atoms with E-state index in [1.165, 1.54) is 0 Å². The maximum atomic E-state index is 13.6. The number of nitrogens with zero attached hydrogens (tertiary/aromatic N) is 2. The number of aliphatic hydroxyl groups is 1. The van der Waals surface area contributed by atoms with Crippen LogP contribution in [0.3, 0.4) is 0 Å². The van der Waals surface area contributed by atoms with Crippen molar-refractivity contribution in [2.75, 3.05) is 11.9 Å². The van der Waals surface area contributed by atoms with Crippen LogP contribution in [0.25, 0.3) is 0 Å². The summed E-state index contributed by atoms with van der Waals surface area (Å²) in [5.74, 6) is -0.503. The number of benzene rings is 2. The zero-order valence-corrected chi connectivity index (χ0v) is 25.2. The summed E-state index contributed by atoms with van der Waals surface area (Å²) >= 11 is 0. The fourth-order valence-electron chi connectivity index (χ4n) is 4.09. The van der Waals surface area contributed by atoms with E-state index in [0.717, 1.165) is 5.56 Å². The van der Waals surface area contributed by atoms with Gasteiger partial charge in [-0.15, -0.1) is 0 Å². The van der Waals surface area contributed by atoms with Crippen LogP contribution in [0.5, 0.6) is 0 Å². The van der Waals surface area contributed by atoms with Crippen molar-refractivity contribution in [3.8, 4) is 0 Å². The minimum atomic E-state index is -1.09. The molecule has 0 unspecified atom stereocenters. The number of amides is 3. The molecule has 1 aromatic heterocycles. The van der Waals surface area contributed by atoms with E-state index >= 15 is 0 Å². The highest BCUT2D eigenvalue weighted by molar-refractivity contribution is 6.02. The molecule has 0 aliphatic rings. The van der Waals surface area contributed by atoms with Crippen molar-refractivity contribution < 1.29 is 29.0 Å². The Morgan fingerprint density at radius 3 is 2.26 bits per heavy atom. The van der Waals surface area contributed by atoms with Gasteiger partial charge < -0.3 is 19.9 Å². The van der Waals surface area contributed by atoms with E-state index < -0.39 is 35.8 Å². The monoisotopic (exact) mass is 591 g/mol. The highest BCUT2D eigenvalue weighted by Gasteiger charge is 2.28. The van der Waals surface area contributed by atoms with Gasteiger partial charge in [-0.2, -0.15) is 0 Å². The van der Waals surface area contributed by atoms with Crippen molar-refractivity contribution in [1.82, 2.24) is 20.7 Å². The summed E-state index contributed by atoms with van der Waals surface area (Å²) in [6.45, 7) is 9.00. The number of para-hydroxylation sites is 1. The van der Waals surface area contributed by atoms with Gasteiger partial charge in [-0.3, -0.25) is 20.5 Å². The second kappa shape index (κ2) is 15.7. The van der Waals surface area contributed by atoms with E-state index in [-0.39, 0.29) is 30.4 Å². The molecule has 0 spiro atoms. The predicted molar refractivity (Wildman–Crippen MR) is 163 cm³/mol. The van der Waals surface area contributed by atoms with Crippen molar-refractivity contribution in [1.29, 1.82) is 0 Å². The van der Waals surface area contributed by atoms with Gasteiger partial charge in [-0.1, -0.05) is 48.5 Å². The van der Waals surface area contributed by atoms with Crippen molar-refractivity contribution in [3.05, 3.63) is 95.8 Å². The third-order valence-electron chi connectivity index (χ3n) is 6.21. The maximum Gasteiger partial charge on any atom is 0.422 e. The van der Waals surface area contributed by atoms with Crippen molar-refractivity contribution in [2.45, 2.75) is 71.4 Å². The third kappa shape index (κ3) is 11.4. The maximum absolute atomic E-state index is 13.6. The number of anilines is 1. The van der Waals surface area contributed by atoms with E-state index in [4.69, 9.17) is 9.47 Å². The topological polar surface area (TPSA) is 142 Å². The standard InChI is InChI=1S/C32H41N5O6/c1-22(2)37(36-31(41)43-32(3,4)5)20-28(38)27(19-23-13-7-6-8-14-23)34-29(39)25-16-9-10-17-26(25)35-30(40)42-21-24-15-11-12-18-33-24/h6-18,22,27-28,38H,19-21H2,1-5H3,(H,34,39)(H,35,40)(H,36,41)/t27-,28-/m0/s1. The Morgan fingerprint density at radius 2 is 1.60 bits per heavy atom. The number of rotatable bonds is 12. The van der Waals surface area contributed by atoms with Gasteiger partial charge in [0.2, 0.25) is 0 Å². The summed E-state index contributed by atoms with van der Waals surface area (Å²) in [4.78, 5) is 42.6. The normalized spacial score (nSPS) is 12.7. The van der Waals surface area contributed by atoms with Crippen LogP contribution in [-0.4, -0.2) is 63.5 Å². The Morgan fingerprint density at radius 1 is 0.930 bits per heavy atom. The van der Waals surface area contributed by atoms with Crippen LogP contribution < -0.4 is 16.1 Å². The number of hydrogen-bond acceptors (Lipinski definition) is 8. The highest BCUT2D eigenvalue weighted by atomic mass is 16.6. The van der Waals surface area contributed by atoms with E-state index in [0.29, 0.717) is 12.1 Å². The lowest BCUT2D eigenvalue weighted by molar-refractivity contribution is 0.00741. The molecule has 4 N–H and O–H groups in total. The first-order valence-electron chi connectivity index (χ1n) is 14.1. The van der Waals surface area contributed by atoms with E-state index in [1.807, 2.05) is 44.2 Å². The predicted octanol–water partition coefficient (Wildman–Crippen LogP) is 4.68. The molecule has 0 saturated carbocycles. The van der Waals surface area contributed by atoms with Crippen molar-refractivity contribution in [2.24, 2.45) is 0 Å². The molecule has 43 heavy (non-hydrogen) atoms. The lowest BCUT2D eigenvalue weighted by atomic mass is 10.00. The lowest BCUT2D eigenvalue weighted by Crippen LogP contribution is -2.55. The average molecular weight is 592 g/mol. The van der Waals surface area contributed by atoms with Gasteiger partial charge in [0.15, 0.2) is 0 Å². The summed E-state index contributed by atoms with van der Waals surface area (Å²) in [6.07, 6.45) is -0.567. The van der Waals surface area contributed by atoms with Crippen LogP contribution >= 0.6 is 0 Å². The summed E-state index contributed by atoms with van der Waals surface area (Å²) in [7, 11) is 0. The number of aromatic nitrogens is 1. The average Bonchev–Trinajstić information content (AvgIpc) is 2.95. The molecule has 1 heterocycles. The fraction of sp³-hybridized carbons (Fsp3) is 0.375. The second-order valence-corrected chi connectivity index (χ2v) is 11.3. The smallest absolute Gasteiger partial charge is 0.422 e. The third-order valence-corrected chi connectivity index (χ3v) is 6.21. The number of carbonyl (C=O) groups is 3. The molecule has 0 fully saturated rings. The number of aliphatic hydroxyl groups excluding tert-OH is 1. The quantitative estimate of drug-likeness (QED) is 0.223. The van der Waals surface area contributed by atoms with Crippen LogP contribution in [0.15, 0.2) is 79.0 Å². The molecule has 2 atom stereocenters.